The van der Waals surface area contributed by atoms with Crippen LogP contribution in [0.5, 0.6) is 0 Å². The van der Waals surface area contributed by atoms with Crippen molar-refractivity contribution in [2.24, 2.45) is 40.4 Å². The standard InChI is InChI=1S/C28H46O/c1-19(2)9-7-10-20(3)24-14-15-25-22(11-8-16-27(24,25)5)17-26(29-6)28-18-23(28)13-12-21(28)4/h17,19-20,23-26H,4,7-16,18H2,1-3,5-6H3/b22-17+/t20-,23?,24-,25+,26-,27-,28?/m1/s1. The second-order valence-electron chi connectivity index (χ2n) is 11.9. The molecule has 0 amide bonds. The Labute approximate surface area is 180 Å². The molecule has 0 radical (unpaired) electrons. The van der Waals surface area contributed by atoms with Gasteiger partial charge in [-0.05, 0) is 86.4 Å². The monoisotopic (exact) mass is 398 g/mol. The third kappa shape index (κ3) is 3.68. The van der Waals surface area contributed by atoms with Crippen molar-refractivity contribution < 1.29 is 4.74 Å². The molecule has 4 aliphatic rings. The third-order valence-electron chi connectivity index (χ3n) is 9.90. The highest BCUT2D eigenvalue weighted by Crippen LogP contribution is 2.69. The van der Waals surface area contributed by atoms with E-state index in [1.165, 1.54) is 76.2 Å². The molecule has 0 aliphatic heterocycles. The largest absolute Gasteiger partial charge is 0.376 e. The van der Waals surface area contributed by atoms with Gasteiger partial charge in [0.15, 0.2) is 0 Å². The summed E-state index contributed by atoms with van der Waals surface area (Å²) in [5, 5.41) is 0. The van der Waals surface area contributed by atoms with Gasteiger partial charge in [-0.3, -0.25) is 0 Å². The maximum atomic E-state index is 6.15. The van der Waals surface area contributed by atoms with Crippen molar-refractivity contribution in [1.82, 2.24) is 0 Å². The fourth-order valence-corrected chi connectivity index (χ4v) is 8.16. The molecule has 0 bridgehead atoms. The van der Waals surface area contributed by atoms with Crippen LogP contribution in [0.4, 0.5) is 0 Å². The Hall–Kier alpha value is -0.560. The minimum atomic E-state index is 0.280. The number of hydrogen-bond donors (Lipinski definition) is 0. The fourth-order valence-electron chi connectivity index (χ4n) is 8.16. The summed E-state index contributed by atoms with van der Waals surface area (Å²) in [5.41, 5.74) is 4.06. The van der Waals surface area contributed by atoms with Crippen LogP contribution in [0.15, 0.2) is 23.8 Å². The maximum Gasteiger partial charge on any atom is 0.0850 e. The molecular weight excluding hydrogens is 352 g/mol. The van der Waals surface area contributed by atoms with Crippen LogP contribution in [0.25, 0.3) is 0 Å². The Morgan fingerprint density at radius 3 is 2.55 bits per heavy atom. The molecule has 0 saturated heterocycles. The zero-order valence-electron chi connectivity index (χ0n) is 19.9. The molecule has 4 saturated carbocycles. The molecule has 164 valence electrons. The molecule has 2 unspecified atom stereocenters. The topological polar surface area (TPSA) is 9.23 Å². The molecule has 0 N–H and O–H groups in total. The molecule has 7 atom stereocenters. The van der Waals surface area contributed by atoms with Crippen molar-refractivity contribution in [3.8, 4) is 0 Å². The molecule has 0 aromatic heterocycles. The van der Waals surface area contributed by atoms with Gasteiger partial charge in [0.2, 0.25) is 0 Å². The zero-order chi connectivity index (χ0) is 20.8. The number of rotatable bonds is 8. The summed E-state index contributed by atoms with van der Waals surface area (Å²) in [4.78, 5) is 0. The summed E-state index contributed by atoms with van der Waals surface area (Å²) in [7, 11) is 1.94. The van der Waals surface area contributed by atoms with Gasteiger partial charge in [-0.25, -0.2) is 0 Å². The summed E-state index contributed by atoms with van der Waals surface area (Å²) < 4.78 is 6.15. The second kappa shape index (κ2) is 8.18. The maximum absolute atomic E-state index is 6.15. The molecule has 4 rings (SSSR count). The van der Waals surface area contributed by atoms with Crippen LogP contribution >= 0.6 is 0 Å². The third-order valence-corrected chi connectivity index (χ3v) is 9.90. The quantitative estimate of drug-likeness (QED) is 0.377. The fraction of sp³-hybridized carbons (Fsp3) is 0.857. The first-order valence-electron chi connectivity index (χ1n) is 12.7. The van der Waals surface area contributed by atoms with E-state index in [0.29, 0.717) is 10.8 Å². The number of fused-ring (bicyclic) bond motifs is 2. The summed E-state index contributed by atoms with van der Waals surface area (Å²) in [6, 6.07) is 0. The Kier molecular flexibility index (Phi) is 6.11. The van der Waals surface area contributed by atoms with Crippen molar-refractivity contribution >= 4 is 0 Å². The highest BCUT2D eigenvalue weighted by molar-refractivity contribution is 5.35. The molecule has 1 nitrogen and oxygen atoms in total. The Balaban J connectivity index is 1.49. The predicted octanol–water partition coefficient (Wildman–Crippen LogP) is 7.96. The Morgan fingerprint density at radius 1 is 1.14 bits per heavy atom. The van der Waals surface area contributed by atoms with E-state index in [1.807, 2.05) is 7.11 Å². The van der Waals surface area contributed by atoms with Gasteiger partial charge >= 0.3 is 0 Å². The molecule has 29 heavy (non-hydrogen) atoms. The highest BCUT2D eigenvalue weighted by atomic mass is 16.5. The number of ether oxygens (including phenoxy) is 1. The van der Waals surface area contributed by atoms with Crippen LogP contribution in [0.2, 0.25) is 0 Å². The van der Waals surface area contributed by atoms with Crippen molar-refractivity contribution in [3.63, 3.8) is 0 Å². The summed E-state index contributed by atoms with van der Waals surface area (Å²) in [6.45, 7) is 14.4. The van der Waals surface area contributed by atoms with E-state index in [-0.39, 0.29) is 6.10 Å². The minimum Gasteiger partial charge on any atom is -0.376 e. The smallest absolute Gasteiger partial charge is 0.0850 e. The normalized spacial score (nSPS) is 42.2. The van der Waals surface area contributed by atoms with Gasteiger partial charge < -0.3 is 4.74 Å². The summed E-state index contributed by atoms with van der Waals surface area (Å²) >= 11 is 0. The van der Waals surface area contributed by atoms with Gasteiger partial charge in [-0.2, -0.15) is 0 Å². The summed E-state index contributed by atoms with van der Waals surface area (Å²) in [6.07, 6.45) is 18.0. The zero-order valence-corrected chi connectivity index (χ0v) is 19.9. The van der Waals surface area contributed by atoms with Gasteiger partial charge in [0.25, 0.3) is 0 Å². The predicted molar refractivity (Wildman–Crippen MR) is 124 cm³/mol. The Bertz CT molecular complexity index is 645. The van der Waals surface area contributed by atoms with Crippen LogP contribution in [0.3, 0.4) is 0 Å². The van der Waals surface area contributed by atoms with E-state index in [0.717, 1.165) is 29.6 Å². The minimum absolute atomic E-state index is 0.280. The molecule has 4 fully saturated rings. The van der Waals surface area contributed by atoms with Gasteiger partial charge in [-0.1, -0.05) is 70.8 Å². The van der Waals surface area contributed by atoms with E-state index in [2.05, 4.69) is 40.3 Å². The molecule has 0 spiro atoms. The van der Waals surface area contributed by atoms with Gasteiger partial charge in [-0.15, -0.1) is 0 Å². The van der Waals surface area contributed by atoms with Crippen molar-refractivity contribution in [1.29, 1.82) is 0 Å². The average molecular weight is 399 g/mol. The molecule has 0 heterocycles. The molecular formula is C28H46O. The SMILES string of the molecule is C=C1CCC2CC12[C@@H](/C=C1\CCC[C@]2(C)[C@@H]([C@H](C)CCCC(C)C)CC[C@@H]12)OC. The highest BCUT2D eigenvalue weighted by Gasteiger charge is 2.63. The molecule has 0 aromatic carbocycles. The number of allylic oxidation sites excluding steroid dienone is 1. The number of methoxy groups -OCH3 is 1. The van der Waals surface area contributed by atoms with E-state index >= 15 is 0 Å². The van der Waals surface area contributed by atoms with Crippen molar-refractivity contribution in [2.45, 2.75) is 104 Å². The first-order valence-corrected chi connectivity index (χ1v) is 12.7. The lowest BCUT2D eigenvalue weighted by Crippen LogP contribution is -2.36. The van der Waals surface area contributed by atoms with Gasteiger partial charge in [0.05, 0.1) is 6.10 Å². The van der Waals surface area contributed by atoms with E-state index in [1.54, 1.807) is 5.57 Å². The second-order valence-corrected chi connectivity index (χ2v) is 11.9. The lowest BCUT2D eigenvalue weighted by atomic mass is 9.60. The molecule has 1 heteroatoms. The van der Waals surface area contributed by atoms with Crippen molar-refractivity contribution in [3.05, 3.63) is 23.8 Å². The molecule has 0 aromatic rings. The van der Waals surface area contributed by atoms with Crippen LogP contribution in [0.1, 0.15) is 98.3 Å². The first kappa shape index (κ1) is 21.7. The van der Waals surface area contributed by atoms with Gasteiger partial charge in [0.1, 0.15) is 0 Å². The van der Waals surface area contributed by atoms with Crippen LogP contribution in [-0.2, 0) is 4.74 Å². The summed E-state index contributed by atoms with van der Waals surface area (Å²) in [5.74, 6) is 4.29. The lowest BCUT2D eigenvalue weighted by molar-refractivity contribution is 0.0779. The van der Waals surface area contributed by atoms with Crippen LogP contribution in [-0.4, -0.2) is 13.2 Å². The van der Waals surface area contributed by atoms with Gasteiger partial charge in [0, 0.05) is 12.5 Å². The van der Waals surface area contributed by atoms with Crippen LogP contribution < -0.4 is 0 Å². The van der Waals surface area contributed by atoms with Crippen LogP contribution in [0, 0.1) is 40.4 Å². The number of hydrogen-bond acceptors (Lipinski definition) is 1. The lowest BCUT2D eigenvalue weighted by Gasteiger charge is -2.45. The molecule has 4 aliphatic carbocycles. The van der Waals surface area contributed by atoms with E-state index < -0.39 is 0 Å². The first-order chi connectivity index (χ1) is 13.8. The van der Waals surface area contributed by atoms with Crippen molar-refractivity contribution in [2.75, 3.05) is 7.11 Å². The van der Waals surface area contributed by atoms with E-state index in [9.17, 15) is 0 Å². The average Bonchev–Trinajstić information content (AvgIpc) is 3.17. The Morgan fingerprint density at radius 2 is 1.93 bits per heavy atom. The van der Waals surface area contributed by atoms with E-state index in [4.69, 9.17) is 4.74 Å².